The summed E-state index contributed by atoms with van der Waals surface area (Å²) in [6.07, 6.45) is 2.36. The van der Waals surface area contributed by atoms with E-state index in [1.807, 2.05) is 0 Å². The van der Waals surface area contributed by atoms with Gasteiger partial charge in [-0.05, 0) is 11.3 Å². The van der Waals surface area contributed by atoms with E-state index in [4.69, 9.17) is 5.11 Å². The normalized spacial score (nSPS) is 10.3. The van der Waals surface area contributed by atoms with E-state index < -0.39 is 4.92 Å². The van der Waals surface area contributed by atoms with Crippen LogP contribution < -0.4 is 0 Å². The number of rotatable bonds is 4. The van der Waals surface area contributed by atoms with Crippen molar-refractivity contribution in [1.29, 1.82) is 0 Å². The number of hydrogen-bond acceptors (Lipinski definition) is 4. The molecule has 0 fully saturated rings. The molecule has 1 aromatic heterocycles. The van der Waals surface area contributed by atoms with Gasteiger partial charge >= 0.3 is 5.82 Å². The average Bonchev–Trinajstić information content (AvgIpc) is 2.43. The maximum Gasteiger partial charge on any atom is 0.342 e. The SMILES string of the molecule is Cn1c([N+](=O)[O-])cnc1CCCO. The second-order valence-corrected chi connectivity index (χ2v) is 2.68. The number of aryl methyl sites for hydroxylation is 1. The molecular weight excluding hydrogens is 174 g/mol. The first-order chi connectivity index (χ1) is 6.16. The molecule has 0 unspecified atom stereocenters. The van der Waals surface area contributed by atoms with E-state index in [0.29, 0.717) is 18.7 Å². The van der Waals surface area contributed by atoms with Crippen LogP contribution in [0.1, 0.15) is 12.2 Å². The lowest BCUT2D eigenvalue weighted by Crippen LogP contribution is -2.02. The first-order valence-electron chi connectivity index (χ1n) is 3.92. The van der Waals surface area contributed by atoms with Crippen molar-refractivity contribution in [1.82, 2.24) is 9.55 Å². The lowest BCUT2D eigenvalue weighted by molar-refractivity contribution is -0.391. The van der Waals surface area contributed by atoms with Crippen molar-refractivity contribution in [3.8, 4) is 0 Å². The van der Waals surface area contributed by atoms with Crippen LogP contribution in [-0.4, -0.2) is 26.2 Å². The van der Waals surface area contributed by atoms with Crippen LogP contribution in [0.5, 0.6) is 0 Å². The third-order valence-electron chi connectivity index (χ3n) is 1.81. The quantitative estimate of drug-likeness (QED) is 0.538. The van der Waals surface area contributed by atoms with Crippen LogP contribution in [0.4, 0.5) is 5.82 Å². The maximum absolute atomic E-state index is 10.4. The molecule has 6 heteroatoms. The van der Waals surface area contributed by atoms with Crippen LogP contribution >= 0.6 is 0 Å². The minimum absolute atomic E-state index is 0.0204. The molecule has 1 rings (SSSR count). The number of aromatic nitrogens is 2. The zero-order valence-corrected chi connectivity index (χ0v) is 7.30. The maximum atomic E-state index is 10.4. The summed E-state index contributed by atoms with van der Waals surface area (Å²) in [5.74, 6) is 0.605. The summed E-state index contributed by atoms with van der Waals surface area (Å²) in [5.41, 5.74) is 0. The highest BCUT2D eigenvalue weighted by Gasteiger charge is 2.15. The molecular formula is C7H11N3O3. The molecule has 0 saturated carbocycles. The fourth-order valence-corrected chi connectivity index (χ4v) is 1.08. The van der Waals surface area contributed by atoms with Gasteiger partial charge in [0.15, 0.2) is 5.82 Å². The van der Waals surface area contributed by atoms with Crippen LogP contribution in [0.25, 0.3) is 0 Å². The van der Waals surface area contributed by atoms with Gasteiger partial charge in [0.1, 0.15) is 6.20 Å². The summed E-state index contributed by atoms with van der Waals surface area (Å²) in [6.45, 7) is 0.0701. The molecule has 0 aliphatic heterocycles. The van der Waals surface area contributed by atoms with Crippen molar-refractivity contribution in [2.24, 2.45) is 7.05 Å². The predicted octanol–water partition coefficient (Wildman–Crippen LogP) is 0.253. The Morgan fingerprint density at radius 1 is 1.77 bits per heavy atom. The van der Waals surface area contributed by atoms with Crippen LogP contribution in [0, 0.1) is 10.1 Å². The van der Waals surface area contributed by atoms with E-state index in [1.54, 1.807) is 7.05 Å². The lowest BCUT2D eigenvalue weighted by Gasteiger charge is -1.96. The van der Waals surface area contributed by atoms with Gasteiger partial charge in [0.25, 0.3) is 0 Å². The molecule has 1 aromatic rings. The standard InChI is InChI=1S/C7H11N3O3/c1-9-6(3-2-4-11)8-5-7(9)10(12)13/h5,11H,2-4H2,1H3. The summed E-state index contributed by atoms with van der Waals surface area (Å²) >= 11 is 0. The Bertz CT molecular complexity index is 308. The molecule has 72 valence electrons. The molecule has 0 saturated heterocycles. The van der Waals surface area contributed by atoms with Gasteiger partial charge < -0.3 is 15.2 Å². The molecule has 0 spiro atoms. The Morgan fingerprint density at radius 2 is 2.46 bits per heavy atom. The largest absolute Gasteiger partial charge is 0.396 e. The summed E-state index contributed by atoms with van der Waals surface area (Å²) in [7, 11) is 1.60. The Kier molecular flexibility index (Phi) is 2.97. The third kappa shape index (κ3) is 2.03. The minimum Gasteiger partial charge on any atom is -0.396 e. The summed E-state index contributed by atoms with van der Waals surface area (Å²) in [5, 5.41) is 19.0. The fourth-order valence-electron chi connectivity index (χ4n) is 1.08. The number of nitro groups is 1. The molecule has 1 N–H and O–H groups in total. The Balaban J connectivity index is 2.80. The molecule has 0 aliphatic rings. The molecule has 0 aromatic carbocycles. The monoisotopic (exact) mass is 185 g/mol. The fraction of sp³-hybridized carbons (Fsp3) is 0.571. The second-order valence-electron chi connectivity index (χ2n) is 2.68. The second kappa shape index (κ2) is 3.99. The minimum atomic E-state index is -0.477. The molecule has 0 radical (unpaired) electrons. The molecule has 0 bridgehead atoms. The van der Waals surface area contributed by atoms with E-state index in [9.17, 15) is 10.1 Å². The summed E-state index contributed by atoms with van der Waals surface area (Å²) in [6, 6.07) is 0. The zero-order chi connectivity index (χ0) is 9.84. The highest BCUT2D eigenvalue weighted by Crippen LogP contribution is 2.12. The van der Waals surface area contributed by atoms with Gasteiger partial charge in [-0.15, -0.1) is 0 Å². The van der Waals surface area contributed by atoms with Crippen molar-refractivity contribution in [2.75, 3.05) is 6.61 Å². The highest BCUT2D eigenvalue weighted by atomic mass is 16.6. The van der Waals surface area contributed by atoms with Crippen LogP contribution in [0.2, 0.25) is 0 Å². The van der Waals surface area contributed by atoms with Crippen molar-refractivity contribution in [3.63, 3.8) is 0 Å². The predicted molar refractivity (Wildman–Crippen MR) is 45.3 cm³/mol. The highest BCUT2D eigenvalue weighted by molar-refractivity contribution is 5.18. The van der Waals surface area contributed by atoms with E-state index in [2.05, 4.69) is 4.98 Å². The number of aliphatic hydroxyl groups is 1. The van der Waals surface area contributed by atoms with E-state index >= 15 is 0 Å². The van der Waals surface area contributed by atoms with Crippen LogP contribution in [0.3, 0.4) is 0 Å². The Morgan fingerprint density at radius 3 is 2.92 bits per heavy atom. The first kappa shape index (κ1) is 9.66. The van der Waals surface area contributed by atoms with Crippen molar-refractivity contribution in [3.05, 3.63) is 22.1 Å². The first-order valence-corrected chi connectivity index (χ1v) is 3.92. The third-order valence-corrected chi connectivity index (χ3v) is 1.81. The lowest BCUT2D eigenvalue weighted by atomic mass is 10.3. The molecule has 0 aliphatic carbocycles. The van der Waals surface area contributed by atoms with Crippen LogP contribution in [-0.2, 0) is 13.5 Å². The molecule has 0 atom stereocenters. The van der Waals surface area contributed by atoms with Gasteiger partial charge in [0.05, 0.1) is 7.05 Å². The number of imidazole rings is 1. The smallest absolute Gasteiger partial charge is 0.342 e. The van der Waals surface area contributed by atoms with Gasteiger partial charge in [-0.1, -0.05) is 0 Å². The van der Waals surface area contributed by atoms with Crippen molar-refractivity contribution >= 4 is 5.82 Å². The van der Waals surface area contributed by atoms with Gasteiger partial charge in [-0.25, -0.2) is 9.55 Å². The summed E-state index contributed by atoms with van der Waals surface area (Å²) < 4.78 is 1.43. The zero-order valence-electron chi connectivity index (χ0n) is 7.30. The van der Waals surface area contributed by atoms with Crippen molar-refractivity contribution in [2.45, 2.75) is 12.8 Å². The topological polar surface area (TPSA) is 81.2 Å². The van der Waals surface area contributed by atoms with Gasteiger partial charge in [-0.2, -0.15) is 0 Å². The number of hydrogen-bond donors (Lipinski definition) is 1. The van der Waals surface area contributed by atoms with Crippen LogP contribution in [0.15, 0.2) is 6.20 Å². The Hall–Kier alpha value is -1.43. The molecule has 6 nitrogen and oxygen atoms in total. The van der Waals surface area contributed by atoms with Gasteiger partial charge in [-0.3, -0.25) is 0 Å². The van der Waals surface area contributed by atoms with Gasteiger partial charge in [0, 0.05) is 13.0 Å². The van der Waals surface area contributed by atoms with E-state index in [0.717, 1.165) is 0 Å². The molecule has 0 amide bonds. The number of nitrogens with zero attached hydrogens (tertiary/aromatic N) is 3. The van der Waals surface area contributed by atoms with E-state index in [1.165, 1.54) is 10.8 Å². The van der Waals surface area contributed by atoms with Crippen molar-refractivity contribution < 1.29 is 10.0 Å². The van der Waals surface area contributed by atoms with Gasteiger partial charge in [0.2, 0.25) is 0 Å². The van der Waals surface area contributed by atoms with E-state index in [-0.39, 0.29) is 12.4 Å². The average molecular weight is 185 g/mol. The molecule has 13 heavy (non-hydrogen) atoms. The Labute approximate surface area is 75.0 Å². The summed E-state index contributed by atoms with van der Waals surface area (Å²) in [4.78, 5) is 13.8. The number of aliphatic hydroxyl groups excluding tert-OH is 1. The molecule has 1 heterocycles.